The molecule has 0 aliphatic heterocycles. The number of benzene rings is 1. The minimum absolute atomic E-state index is 0.0262. The number of hydrogen-bond acceptors (Lipinski definition) is 3. The van der Waals surface area contributed by atoms with E-state index in [2.05, 4.69) is 19.2 Å². The van der Waals surface area contributed by atoms with Crippen LogP contribution in [0.3, 0.4) is 0 Å². The Labute approximate surface area is 126 Å². The lowest BCUT2D eigenvalue weighted by atomic mass is 9.89. The van der Waals surface area contributed by atoms with E-state index < -0.39 is 0 Å². The fourth-order valence-corrected chi connectivity index (χ4v) is 2.47. The summed E-state index contributed by atoms with van der Waals surface area (Å²) in [6.07, 6.45) is 2.41. The lowest BCUT2D eigenvalue weighted by molar-refractivity contribution is -0.124. The van der Waals surface area contributed by atoms with Crippen LogP contribution in [0.2, 0.25) is 0 Å². The third-order valence-corrected chi connectivity index (χ3v) is 4.16. The summed E-state index contributed by atoms with van der Waals surface area (Å²) in [4.78, 5) is 11.8. The molecule has 0 saturated carbocycles. The monoisotopic (exact) mass is 291 g/mol. The summed E-state index contributed by atoms with van der Waals surface area (Å²) in [6, 6.07) is 5.81. The highest BCUT2D eigenvalue weighted by molar-refractivity contribution is 5.77. The van der Waals surface area contributed by atoms with E-state index in [1.807, 2.05) is 25.1 Å². The maximum absolute atomic E-state index is 11.8. The fourth-order valence-electron chi connectivity index (χ4n) is 2.47. The SMILES string of the molecule is CC(C)C(C)NC(=O)COc1ccc2c(c1)CCCC2O. The van der Waals surface area contributed by atoms with E-state index in [-0.39, 0.29) is 24.7 Å². The highest BCUT2D eigenvalue weighted by Gasteiger charge is 2.18. The van der Waals surface area contributed by atoms with Gasteiger partial charge in [0, 0.05) is 6.04 Å². The zero-order chi connectivity index (χ0) is 15.4. The molecule has 1 aromatic rings. The summed E-state index contributed by atoms with van der Waals surface area (Å²) in [6.45, 7) is 6.16. The van der Waals surface area contributed by atoms with Gasteiger partial charge in [-0.05, 0) is 55.4 Å². The number of amides is 1. The molecule has 2 unspecified atom stereocenters. The van der Waals surface area contributed by atoms with Gasteiger partial charge in [-0.25, -0.2) is 0 Å². The van der Waals surface area contributed by atoms with Crippen molar-refractivity contribution in [2.75, 3.05) is 6.61 Å². The summed E-state index contributed by atoms with van der Waals surface area (Å²) in [7, 11) is 0. The number of aryl methyl sites for hydroxylation is 1. The van der Waals surface area contributed by atoms with Crippen LogP contribution in [-0.4, -0.2) is 23.7 Å². The molecule has 0 spiro atoms. The lowest BCUT2D eigenvalue weighted by Crippen LogP contribution is -2.38. The molecular formula is C17H25NO3. The molecule has 0 aromatic heterocycles. The van der Waals surface area contributed by atoms with Gasteiger partial charge >= 0.3 is 0 Å². The Morgan fingerprint density at radius 1 is 1.43 bits per heavy atom. The second-order valence-electron chi connectivity index (χ2n) is 6.16. The van der Waals surface area contributed by atoms with E-state index >= 15 is 0 Å². The Bertz CT molecular complexity index is 499. The van der Waals surface area contributed by atoms with Crippen molar-refractivity contribution in [2.24, 2.45) is 5.92 Å². The van der Waals surface area contributed by atoms with Crippen LogP contribution >= 0.6 is 0 Å². The molecule has 0 saturated heterocycles. The van der Waals surface area contributed by atoms with Gasteiger partial charge in [0.25, 0.3) is 5.91 Å². The zero-order valence-corrected chi connectivity index (χ0v) is 13.1. The number of rotatable bonds is 5. The number of carbonyl (C=O) groups excluding carboxylic acids is 1. The van der Waals surface area contributed by atoms with E-state index in [1.165, 1.54) is 0 Å². The maximum atomic E-state index is 11.8. The highest BCUT2D eigenvalue weighted by atomic mass is 16.5. The predicted molar refractivity (Wildman–Crippen MR) is 82.3 cm³/mol. The molecule has 1 aromatic carbocycles. The van der Waals surface area contributed by atoms with Gasteiger partial charge in [0.15, 0.2) is 6.61 Å². The van der Waals surface area contributed by atoms with Crippen molar-refractivity contribution in [2.45, 2.75) is 52.2 Å². The first-order chi connectivity index (χ1) is 9.97. The molecule has 0 fully saturated rings. The first-order valence-corrected chi connectivity index (χ1v) is 7.70. The van der Waals surface area contributed by atoms with Gasteiger partial charge in [-0.15, -0.1) is 0 Å². The van der Waals surface area contributed by atoms with Crippen molar-refractivity contribution in [3.63, 3.8) is 0 Å². The van der Waals surface area contributed by atoms with Crippen LogP contribution in [0.4, 0.5) is 0 Å². The summed E-state index contributed by atoms with van der Waals surface area (Å²) < 4.78 is 5.56. The minimum Gasteiger partial charge on any atom is -0.484 e. The van der Waals surface area contributed by atoms with Gasteiger partial charge in [0.1, 0.15) is 5.75 Å². The Kier molecular flexibility index (Phi) is 5.23. The minimum atomic E-state index is -0.363. The maximum Gasteiger partial charge on any atom is 0.258 e. The predicted octanol–water partition coefficient (Wildman–Crippen LogP) is 2.60. The smallest absolute Gasteiger partial charge is 0.258 e. The third kappa shape index (κ3) is 4.21. The number of aliphatic hydroxyl groups is 1. The number of aliphatic hydroxyl groups excluding tert-OH is 1. The van der Waals surface area contributed by atoms with Crippen LogP contribution in [0.15, 0.2) is 18.2 Å². The van der Waals surface area contributed by atoms with Gasteiger partial charge < -0.3 is 15.2 Å². The molecule has 0 heterocycles. The molecule has 4 nitrogen and oxygen atoms in total. The molecule has 4 heteroatoms. The van der Waals surface area contributed by atoms with Crippen LogP contribution in [0, 0.1) is 5.92 Å². The average molecular weight is 291 g/mol. The molecule has 2 atom stereocenters. The van der Waals surface area contributed by atoms with Gasteiger partial charge in [0.2, 0.25) is 0 Å². The average Bonchev–Trinajstić information content (AvgIpc) is 2.45. The quantitative estimate of drug-likeness (QED) is 0.876. The standard InChI is InChI=1S/C17H25NO3/c1-11(2)12(3)18-17(20)10-21-14-7-8-15-13(9-14)5-4-6-16(15)19/h7-9,11-12,16,19H,4-6,10H2,1-3H3,(H,18,20). The Morgan fingerprint density at radius 3 is 2.90 bits per heavy atom. The molecule has 1 aliphatic carbocycles. The van der Waals surface area contributed by atoms with Crippen molar-refractivity contribution in [1.29, 1.82) is 0 Å². The van der Waals surface area contributed by atoms with Crippen LogP contribution in [0.5, 0.6) is 5.75 Å². The highest BCUT2D eigenvalue weighted by Crippen LogP contribution is 2.31. The van der Waals surface area contributed by atoms with Gasteiger partial charge in [0.05, 0.1) is 6.10 Å². The molecule has 0 bridgehead atoms. The number of fused-ring (bicyclic) bond motifs is 1. The molecule has 21 heavy (non-hydrogen) atoms. The summed E-state index contributed by atoms with van der Waals surface area (Å²) in [5.41, 5.74) is 2.12. The molecule has 2 N–H and O–H groups in total. The van der Waals surface area contributed by atoms with E-state index in [4.69, 9.17) is 4.74 Å². The van der Waals surface area contributed by atoms with E-state index in [9.17, 15) is 9.90 Å². The van der Waals surface area contributed by atoms with Crippen molar-refractivity contribution < 1.29 is 14.6 Å². The normalized spacial score (nSPS) is 19.0. The molecule has 1 aliphatic rings. The largest absolute Gasteiger partial charge is 0.484 e. The molecule has 2 rings (SSSR count). The van der Waals surface area contributed by atoms with Crippen molar-refractivity contribution >= 4 is 5.91 Å². The Balaban J connectivity index is 1.90. The number of carbonyl (C=O) groups is 1. The van der Waals surface area contributed by atoms with Crippen LogP contribution in [0.25, 0.3) is 0 Å². The number of nitrogens with one attached hydrogen (secondary N) is 1. The van der Waals surface area contributed by atoms with E-state index in [0.717, 1.165) is 30.4 Å². The van der Waals surface area contributed by atoms with Crippen molar-refractivity contribution in [1.82, 2.24) is 5.32 Å². The fraction of sp³-hybridized carbons (Fsp3) is 0.588. The molecule has 1 amide bonds. The van der Waals surface area contributed by atoms with Gasteiger partial charge in [-0.1, -0.05) is 19.9 Å². The topological polar surface area (TPSA) is 58.6 Å². The number of ether oxygens (including phenoxy) is 1. The van der Waals surface area contributed by atoms with Gasteiger partial charge in [-0.2, -0.15) is 0 Å². The van der Waals surface area contributed by atoms with E-state index in [0.29, 0.717) is 11.7 Å². The Morgan fingerprint density at radius 2 is 2.19 bits per heavy atom. The molecule has 116 valence electrons. The zero-order valence-electron chi connectivity index (χ0n) is 13.1. The molecule has 0 radical (unpaired) electrons. The second-order valence-corrected chi connectivity index (χ2v) is 6.16. The second kappa shape index (κ2) is 6.94. The van der Waals surface area contributed by atoms with Crippen LogP contribution < -0.4 is 10.1 Å². The third-order valence-electron chi connectivity index (χ3n) is 4.16. The van der Waals surface area contributed by atoms with Crippen LogP contribution in [-0.2, 0) is 11.2 Å². The lowest BCUT2D eigenvalue weighted by Gasteiger charge is -2.22. The molecular weight excluding hydrogens is 266 g/mol. The first kappa shape index (κ1) is 15.8. The van der Waals surface area contributed by atoms with Gasteiger partial charge in [-0.3, -0.25) is 4.79 Å². The summed E-state index contributed by atoms with van der Waals surface area (Å²) in [5, 5.41) is 12.8. The summed E-state index contributed by atoms with van der Waals surface area (Å²) >= 11 is 0. The first-order valence-electron chi connectivity index (χ1n) is 7.70. The van der Waals surface area contributed by atoms with Crippen molar-refractivity contribution in [3.05, 3.63) is 29.3 Å². The Hall–Kier alpha value is -1.55. The summed E-state index contributed by atoms with van der Waals surface area (Å²) in [5.74, 6) is 0.989. The van der Waals surface area contributed by atoms with Crippen molar-refractivity contribution in [3.8, 4) is 5.75 Å². The van der Waals surface area contributed by atoms with Crippen LogP contribution in [0.1, 0.15) is 50.8 Å². The van der Waals surface area contributed by atoms with E-state index in [1.54, 1.807) is 0 Å². The number of hydrogen-bond donors (Lipinski definition) is 2.